The maximum Gasteiger partial charge on any atom is 0.256 e. The molecule has 0 aliphatic carbocycles. The van der Waals surface area contributed by atoms with Crippen molar-refractivity contribution < 1.29 is 18.3 Å². The van der Waals surface area contributed by atoms with E-state index < -0.39 is 17.4 Å². The Labute approximate surface area is 170 Å². The third kappa shape index (κ3) is 4.66. The lowest BCUT2D eigenvalue weighted by molar-refractivity contribution is -0.0184. The van der Waals surface area contributed by atoms with E-state index in [0.717, 1.165) is 5.82 Å². The van der Waals surface area contributed by atoms with Crippen molar-refractivity contribution >= 4 is 5.91 Å². The van der Waals surface area contributed by atoms with Crippen LogP contribution in [0.15, 0.2) is 24.4 Å². The molecule has 0 spiro atoms. The Kier molecular flexibility index (Phi) is 5.81. The molecule has 1 aliphatic rings. The summed E-state index contributed by atoms with van der Waals surface area (Å²) in [5.41, 5.74) is -0.433. The Bertz CT molecular complexity index is 894. The van der Waals surface area contributed by atoms with Gasteiger partial charge in [-0.05, 0) is 18.2 Å². The van der Waals surface area contributed by atoms with Gasteiger partial charge in [-0.15, -0.1) is 0 Å². The lowest BCUT2D eigenvalue weighted by Crippen LogP contribution is -2.37. The van der Waals surface area contributed by atoms with E-state index >= 15 is 4.39 Å². The average Bonchev–Trinajstić information content (AvgIpc) is 3.05. The zero-order chi connectivity index (χ0) is 21.4. The average molecular weight is 405 g/mol. The summed E-state index contributed by atoms with van der Waals surface area (Å²) in [7, 11) is 3.16. The van der Waals surface area contributed by atoms with Gasteiger partial charge in [0.25, 0.3) is 5.91 Å². The molecular formula is C22H29F2N3O2. The predicted molar refractivity (Wildman–Crippen MR) is 108 cm³/mol. The second kappa shape index (κ2) is 7.86. The molecular weight excluding hydrogens is 376 g/mol. The van der Waals surface area contributed by atoms with Crippen molar-refractivity contribution in [2.75, 3.05) is 27.3 Å². The third-order valence-corrected chi connectivity index (χ3v) is 5.19. The summed E-state index contributed by atoms with van der Waals surface area (Å²) in [5.74, 6) is -0.238. The lowest BCUT2D eigenvalue weighted by atomic mass is 9.93. The van der Waals surface area contributed by atoms with E-state index in [1.165, 1.54) is 17.0 Å². The fourth-order valence-corrected chi connectivity index (χ4v) is 3.56. The molecule has 0 bridgehead atoms. The van der Waals surface area contributed by atoms with Gasteiger partial charge in [0, 0.05) is 57.3 Å². The minimum Gasteiger partial charge on any atom is -0.381 e. The Morgan fingerprint density at radius 2 is 1.93 bits per heavy atom. The van der Waals surface area contributed by atoms with Crippen molar-refractivity contribution in [2.24, 2.45) is 0 Å². The van der Waals surface area contributed by atoms with Crippen LogP contribution in [-0.4, -0.2) is 53.3 Å². The molecule has 1 aromatic carbocycles. The van der Waals surface area contributed by atoms with Gasteiger partial charge < -0.3 is 14.2 Å². The number of hydrogen-bond donors (Lipinski definition) is 0. The number of rotatable bonds is 4. The van der Waals surface area contributed by atoms with E-state index in [1.807, 2.05) is 25.3 Å². The van der Waals surface area contributed by atoms with Crippen molar-refractivity contribution in [3.63, 3.8) is 0 Å². The van der Waals surface area contributed by atoms with Crippen LogP contribution < -0.4 is 0 Å². The van der Waals surface area contributed by atoms with E-state index in [4.69, 9.17) is 9.72 Å². The second-order valence-electron chi connectivity index (χ2n) is 8.99. The van der Waals surface area contributed by atoms with E-state index in [2.05, 4.69) is 0 Å². The highest BCUT2D eigenvalue weighted by molar-refractivity contribution is 5.95. The molecule has 0 atom stereocenters. The first-order valence-corrected chi connectivity index (χ1v) is 9.86. The Hall–Kier alpha value is -2.28. The molecule has 1 aliphatic heterocycles. The van der Waals surface area contributed by atoms with Crippen molar-refractivity contribution in [2.45, 2.75) is 51.2 Å². The van der Waals surface area contributed by atoms with Gasteiger partial charge in [0.05, 0.1) is 17.8 Å². The fourth-order valence-electron chi connectivity index (χ4n) is 3.56. The number of aromatic nitrogens is 2. The maximum atomic E-state index is 15.3. The van der Waals surface area contributed by atoms with Crippen LogP contribution in [0.3, 0.4) is 0 Å². The van der Waals surface area contributed by atoms with Crippen LogP contribution in [0.25, 0.3) is 11.3 Å². The zero-order valence-electron chi connectivity index (χ0n) is 17.8. The number of carbonyl (C=O) groups is 1. The molecule has 0 saturated carbocycles. The highest BCUT2D eigenvalue weighted by Gasteiger charge is 2.35. The van der Waals surface area contributed by atoms with Crippen LogP contribution in [0.5, 0.6) is 0 Å². The summed E-state index contributed by atoms with van der Waals surface area (Å²) in [6, 6.07) is 4.38. The molecule has 2 aromatic rings. The van der Waals surface area contributed by atoms with Crippen LogP contribution in [0.2, 0.25) is 0 Å². The summed E-state index contributed by atoms with van der Waals surface area (Å²) in [5, 5.41) is 0. The largest absolute Gasteiger partial charge is 0.381 e. The number of ether oxygens (including phenoxy) is 1. The van der Waals surface area contributed by atoms with Crippen LogP contribution >= 0.6 is 0 Å². The van der Waals surface area contributed by atoms with E-state index in [9.17, 15) is 9.18 Å². The lowest BCUT2D eigenvalue weighted by Gasteiger charge is -2.31. The second-order valence-corrected chi connectivity index (χ2v) is 8.99. The number of amides is 1. The molecule has 29 heavy (non-hydrogen) atoms. The quantitative estimate of drug-likeness (QED) is 0.766. The molecule has 7 heteroatoms. The first-order valence-electron chi connectivity index (χ1n) is 9.86. The Morgan fingerprint density at radius 3 is 2.52 bits per heavy atom. The topological polar surface area (TPSA) is 47.4 Å². The van der Waals surface area contributed by atoms with E-state index in [1.54, 1.807) is 26.4 Å². The molecule has 2 heterocycles. The molecule has 1 aromatic heterocycles. The molecule has 0 radical (unpaired) electrons. The number of halogens is 2. The molecule has 0 N–H and O–H groups in total. The smallest absolute Gasteiger partial charge is 0.256 e. The minimum absolute atomic E-state index is 0.00857. The third-order valence-electron chi connectivity index (χ3n) is 5.19. The Morgan fingerprint density at radius 1 is 1.28 bits per heavy atom. The van der Waals surface area contributed by atoms with Gasteiger partial charge in [0.15, 0.2) is 0 Å². The first-order chi connectivity index (χ1) is 13.5. The SMILES string of the molecule is CN(C)C(=O)c1cc(-c2cn(CC3(F)CCOCC3)c(C(C)(C)C)n2)ccc1F. The van der Waals surface area contributed by atoms with Crippen molar-refractivity contribution in [3.05, 3.63) is 41.6 Å². The van der Waals surface area contributed by atoms with Crippen LogP contribution in [0, 0.1) is 5.82 Å². The highest BCUT2D eigenvalue weighted by Crippen LogP contribution is 2.32. The zero-order valence-corrected chi connectivity index (χ0v) is 17.8. The van der Waals surface area contributed by atoms with Crippen LogP contribution in [-0.2, 0) is 16.7 Å². The molecule has 0 unspecified atom stereocenters. The molecule has 158 valence electrons. The normalized spacial score (nSPS) is 16.7. The molecule has 3 rings (SSSR count). The number of benzene rings is 1. The first kappa shape index (κ1) is 21.4. The van der Waals surface area contributed by atoms with Crippen LogP contribution in [0.4, 0.5) is 8.78 Å². The standard InChI is InChI=1S/C22H29F2N3O2/c1-21(2,3)20-25-18(13-27(20)14-22(24)8-10-29-11-9-22)15-6-7-17(23)16(12-15)19(28)26(4)5/h6-7,12-13H,8-11,14H2,1-5H3. The summed E-state index contributed by atoms with van der Waals surface area (Å²) in [6.07, 6.45) is 2.50. The van der Waals surface area contributed by atoms with Crippen molar-refractivity contribution in [3.8, 4) is 11.3 Å². The number of carbonyl (C=O) groups excluding carboxylic acids is 1. The van der Waals surface area contributed by atoms with Gasteiger partial charge in [0.2, 0.25) is 0 Å². The van der Waals surface area contributed by atoms with Gasteiger partial charge in [-0.25, -0.2) is 13.8 Å². The number of imidazole rings is 1. The molecule has 1 saturated heterocycles. The molecule has 1 fully saturated rings. The molecule has 5 nitrogen and oxygen atoms in total. The molecule has 1 amide bonds. The Balaban J connectivity index is 2.02. The number of alkyl halides is 1. The van der Waals surface area contributed by atoms with E-state index in [0.29, 0.717) is 37.3 Å². The van der Waals surface area contributed by atoms with Gasteiger partial charge in [-0.2, -0.15) is 0 Å². The summed E-state index contributed by atoms with van der Waals surface area (Å²) in [4.78, 5) is 18.4. The van der Waals surface area contributed by atoms with Gasteiger partial charge in [-0.1, -0.05) is 20.8 Å². The predicted octanol–water partition coefficient (Wildman–Crippen LogP) is 4.21. The van der Waals surface area contributed by atoms with Crippen LogP contribution in [0.1, 0.15) is 49.8 Å². The highest BCUT2D eigenvalue weighted by atomic mass is 19.1. The van der Waals surface area contributed by atoms with E-state index in [-0.39, 0.29) is 17.5 Å². The van der Waals surface area contributed by atoms with Gasteiger partial charge in [0.1, 0.15) is 17.3 Å². The minimum atomic E-state index is -1.34. The van der Waals surface area contributed by atoms with Gasteiger partial charge in [-0.3, -0.25) is 4.79 Å². The summed E-state index contributed by atoms with van der Waals surface area (Å²) in [6.45, 7) is 7.09. The fraction of sp³-hybridized carbons (Fsp3) is 0.545. The van der Waals surface area contributed by atoms with Crippen molar-refractivity contribution in [1.82, 2.24) is 14.5 Å². The number of nitrogens with zero attached hydrogens (tertiary/aromatic N) is 3. The maximum absolute atomic E-state index is 15.3. The summed E-state index contributed by atoms with van der Waals surface area (Å²) >= 11 is 0. The number of hydrogen-bond acceptors (Lipinski definition) is 3. The van der Waals surface area contributed by atoms with Gasteiger partial charge >= 0.3 is 0 Å². The van der Waals surface area contributed by atoms with Crippen molar-refractivity contribution in [1.29, 1.82) is 0 Å². The summed E-state index contributed by atoms with van der Waals surface area (Å²) < 4.78 is 36.7. The monoisotopic (exact) mass is 405 g/mol.